The molecule has 0 aliphatic heterocycles. The van der Waals surface area contributed by atoms with Crippen LogP contribution in [0.2, 0.25) is 0 Å². The van der Waals surface area contributed by atoms with Crippen LogP contribution in [0.4, 0.5) is 5.82 Å². The summed E-state index contributed by atoms with van der Waals surface area (Å²) in [4.78, 5) is 8.24. The summed E-state index contributed by atoms with van der Waals surface area (Å²) in [6.07, 6.45) is 1.47. The van der Waals surface area contributed by atoms with Crippen LogP contribution in [0, 0.1) is 6.92 Å². The summed E-state index contributed by atoms with van der Waals surface area (Å²) in [6, 6.07) is 8.49. The number of sulfonamides is 1. The van der Waals surface area contributed by atoms with Crippen LogP contribution in [-0.4, -0.2) is 29.7 Å². The predicted molar refractivity (Wildman–Crippen MR) is 79.7 cm³/mol. The molecule has 0 aliphatic carbocycles. The van der Waals surface area contributed by atoms with Gasteiger partial charge < -0.3 is 5.43 Å². The fourth-order valence-corrected chi connectivity index (χ4v) is 3.12. The Kier molecular flexibility index (Phi) is 4.51. The summed E-state index contributed by atoms with van der Waals surface area (Å²) in [6.45, 7) is 2.03. The molecule has 2 aromatic heterocycles. The molecule has 0 aliphatic rings. The number of hydrogen-bond acceptors (Lipinski definition) is 6. The Hall–Kier alpha value is -2.03. The highest BCUT2D eigenvalue weighted by Gasteiger charge is 2.24. The maximum atomic E-state index is 12.6. The lowest BCUT2D eigenvalue weighted by Gasteiger charge is -2.18. The first-order valence-electron chi connectivity index (χ1n) is 6.25. The molecular formula is C13H17N5O2S. The molecule has 0 atom stereocenters. The van der Waals surface area contributed by atoms with Crippen molar-refractivity contribution >= 4 is 15.8 Å². The molecule has 7 nitrogen and oxygen atoms in total. The van der Waals surface area contributed by atoms with E-state index in [1.54, 1.807) is 12.1 Å². The number of aromatic nitrogens is 2. The van der Waals surface area contributed by atoms with Crippen molar-refractivity contribution in [3.05, 3.63) is 47.9 Å². The summed E-state index contributed by atoms with van der Waals surface area (Å²) >= 11 is 0. The average molecular weight is 307 g/mol. The van der Waals surface area contributed by atoms with Gasteiger partial charge in [0, 0.05) is 18.9 Å². The van der Waals surface area contributed by atoms with E-state index >= 15 is 0 Å². The topological polar surface area (TPSA) is 101 Å². The van der Waals surface area contributed by atoms with Gasteiger partial charge in [-0.3, -0.25) is 4.98 Å². The van der Waals surface area contributed by atoms with E-state index in [0.29, 0.717) is 5.69 Å². The quantitative estimate of drug-likeness (QED) is 0.628. The van der Waals surface area contributed by atoms with Gasteiger partial charge in [0.2, 0.25) is 10.0 Å². The molecule has 2 rings (SSSR count). The van der Waals surface area contributed by atoms with Gasteiger partial charge >= 0.3 is 0 Å². The Morgan fingerprint density at radius 3 is 2.71 bits per heavy atom. The van der Waals surface area contributed by atoms with Crippen molar-refractivity contribution in [3.63, 3.8) is 0 Å². The molecule has 3 N–H and O–H groups in total. The van der Waals surface area contributed by atoms with E-state index in [9.17, 15) is 8.42 Å². The van der Waals surface area contributed by atoms with Crippen molar-refractivity contribution in [2.75, 3.05) is 12.5 Å². The van der Waals surface area contributed by atoms with E-state index in [1.165, 1.54) is 23.6 Å². The highest BCUT2D eigenvalue weighted by atomic mass is 32.2. The van der Waals surface area contributed by atoms with Gasteiger partial charge in [-0.25, -0.2) is 19.2 Å². The van der Waals surface area contributed by atoms with Gasteiger partial charge in [-0.1, -0.05) is 6.07 Å². The van der Waals surface area contributed by atoms with Crippen LogP contribution in [-0.2, 0) is 16.6 Å². The standard InChI is InChI=1S/C13H17N5O2S/c1-10-5-3-6-11(16-10)9-18(2)21(19,20)12-7-4-8-15-13(12)17-14/h3-8H,9,14H2,1-2H3,(H,15,17). The van der Waals surface area contributed by atoms with Crippen molar-refractivity contribution in [1.29, 1.82) is 0 Å². The molecule has 0 spiro atoms. The number of nitrogens with zero attached hydrogens (tertiary/aromatic N) is 3. The Balaban J connectivity index is 2.31. The van der Waals surface area contributed by atoms with Gasteiger partial charge in [-0.2, -0.15) is 4.31 Å². The van der Waals surface area contributed by atoms with E-state index in [4.69, 9.17) is 5.84 Å². The third-order valence-corrected chi connectivity index (χ3v) is 4.76. The number of nitrogens with two attached hydrogens (primary N) is 1. The van der Waals surface area contributed by atoms with Crippen molar-refractivity contribution in [2.45, 2.75) is 18.4 Å². The lowest BCUT2D eigenvalue weighted by atomic mass is 10.3. The second-order valence-electron chi connectivity index (χ2n) is 4.53. The zero-order valence-electron chi connectivity index (χ0n) is 11.8. The maximum Gasteiger partial charge on any atom is 0.246 e. The molecule has 0 saturated carbocycles. The Morgan fingerprint density at radius 1 is 1.29 bits per heavy atom. The molecule has 2 heterocycles. The van der Waals surface area contributed by atoms with Gasteiger partial charge in [0.1, 0.15) is 4.90 Å². The lowest BCUT2D eigenvalue weighted by Crippen LogP contribution is -2.28. The van der Waals surface area contributed by atoms with Crippen molar-refractivity contribution < 1.29 is 8.42 Å². The van der Waals surface area contributed by atoms with Crippen LogP contribution in [0.1, 0.15) is 11.4 Å². The zero-order chi connectivity index (χ0) is 15.5. The number of nitrogen functional groups attached to an aromatic ring is 1. The summed E-state index contributed by atoms with van der Waals surface area (Å²) in [5.41, 5.74) is 3.81. The SMILES string of the molecule is Cc1cccc(CN(C)S(=O)(=O)c2cccnc2NN)n1. The molecule has 8 heteroatoms. The van der Waals surface area contributed by atoms with Gasteiger partial charge in [-0.05, 0) is 31.2 Å². The van der Waals surface area contributed by atoms with Crippen LogP contribution < -0.4 is 11.3 Å². The zero-order valence-corrected chi connectivity index (χ0v) is 12.6. The summed E-state index contributed by atoms with van der Waals surface area (Å²) in [7, 11) is -2.21. The largest absolute Gasteiger partial charge is 0.307 e. The summed E-state index contributed by atoms with van der Waals surface area (Å²) < 4.78 is 26.3. The van der Waals surface area contributed by atoms with Crippen molar-refractivity contribution in [2.24, 2.45) is 5.84 Å². The number of aryl methyl sites for hydroxylation is 1. The van der Waals surface area contributed by atoms with Crippen LogP contribution in [0.25, 0.3) is 0 Å². The molecule has 2 aromatic rings. The molecule has 21 heavy (non-hydrogen) atoms. The molecule has 0 aromatic carbocycles. The summed E-state index contributed by atoms with van der Waals surface area (Å²) in [5, 5.41) is 0. The monoisotopic (exact) mass is 307 g/mol. The fraction of sp³-hybridized carbons (Fsp3) is 0.231. The van der Waals surface area contributed by atoms with E-state index in [1.807, 2.05) is 19.1 Å². The lowest BCUT2D eigenvalue weighted by molar-refractivity contribution is 0.462. The van der Waals surface area contributed by atoms with Crippen LogP contribution in [0.5, 0.6) is 0 Å². The molecule has 0 unspecified atom stereocenters. The molecular weight excluding hydrogens is 290 g/mol. The second kappa shape index (κ2) is 6.17. The summed E-state index contributed by atoms with van der Waals surface area (Å²) in [5.74, 6) is 5.42. The van der Waals surface area contributed by atoms with Gasteiger partial charge in [0.05, 0.1) is 12.2 Å². The molecule has 0 saturated heterocycles. The smallest absolute Gasteiger partial charge is 0.246 e. The highest BCUT2D eigenvalue weighted by Crippen LogP contribution is 2.21. The second-order valence-corrected chi connectivity index (χ2v) is 6.54. The van der Waals surface area contributed by atoms with Crippen LogP contribution in [0.3, 0.4) is 0 Å². The number of hydrogen-bond donors (Lipinski definition) is 2. The molecule has 0 bridgehead atoms. The minimum absolute atomic E-state index is 0.0302. The van der Waals surface area contributed by atoms with Gasteiger partial charge in [-0.15, -0.1) is 0 Å². The maximum absolute atomic E-state index is 12.6. The molecule has 0 radical (unpaired) electrons. The van der Waals surface area contributed by atoms with E-state index in [0.717, 1.165) is 5.69 Å². The third kappa shape index (κ3) is 3.35. The number of nitrogens with one attached hydrogen (secondary N) is 1. The molecule has 0 amide bonds. The van der Waals surface area contributed by atoms with Gasteiger partial charge in [0.15, 0.2) is 5.82 Å². The van der Waals surface area contributed by atoms with Crippen LogP contribution in [0.15, 0.2) is 41.4 Å². The Bertz CT molecular complexity index is 733. The van der Waals surface area contributed by atoms with Crippen LogP contribution >= 0.6 is 0 Å². The third-order valence-electron chi connectivity index (χ3n) is 2.93. The predicted octanol–water partition coefficient (Wildman–Crippen LogP) is 0.891. The number of pyridine rings is 2. The van der Waals surface area contributed by atoms with E-state index in [-0.39, 0.29) is 17.3 Å². The minimum Gasteiger partial charge on any atom is -0.307 e. The minimum atomic E-state index is -3.70. The molecule has 0 fully saturated rings. The van der Waals surface area contributed by atoms with Crippen molar-refractivity contribution in [3.8, 4) is 0 Å². The number of hydrazine groups is 1. The van der Waals surface area contributed by atoms with Gasteiger partial charge in [0.25, 0.3) is 0 Å². The van der Waals surface area contributed by atoms with E-state index in [2.05, 4.69) is 15.4 Å². The fourth-order valence-electron chi connectivity index (χ4n) is 1.88. The first-order chi connectivity index (χ1) is 9.95. The first-order valence-corrected chi connectivity index (χ1v) is 7.69. The number of rotatable bonds is 5. The number of anilines is 1. The van der Waals surface area contributed by atoms with E-state index < -0.39 is 10.0 Å². The first kappa shape index (κ1) is 15.4. The Labute approximate surface area is 123 Å². The highest BCUT2D eigenvalue weighted by molar-refractivity contribution is 7.89. The van der Waals surface area contributed by atoms with Crippen molar-refractivity contribution in [1.82, 2.24) is 14.3 Å². The molecule has 112 valence electrons. The Morgan fingerprint density at radius 2 is 2.05 bits per heavy atom. The normalized spacial score (nSPS) is 11.6. The average Bonchev–Trinajstić information content (AvgIpc) is 2.47.